The van der Waals surface area contributed by atoms with Gasteiger partial charge in [0.05, 0.1) is 5.33 Å². The fraction of sp³-hybridized carbons (Fsp3) is 0.308. The molecule has 0 N–H and O–H groups in total. The number of hydrogen-bond donors (Lipinski definition) is 0. The maximum Gasteiger partial charge on any atom is 0.191 e. The average Bonchev–Trinajstić information content (AvgIpc) is 2.70. The molecule has 0 fully saturated rings. The third-order valence-corrected chi connectivity index (χ3v) is 3.07. The second-order valence-electron chi connectivity index (χ2n) is 3.69. The maximum absolute atomic E-state index is 5.52. The van der Waals surface area contributed by atoms with Crippen LogP contribution in [-0.4, -0.2) is 4.98 Å². The molecule has 0 bridgehead atoms. The summed E-state index contributed by atoms with van der Waals surface area (Å²) >= 11 is 3.41. The SMILES string of the molecule is CCc1ccc(-c2nc(C)oc2CBr)cc1. The molecule has 2 aromatic rings. The van der Waals surface area contributed by atoms with Crippen LogP contribution in [0.1, 0.15) is 24.1 Å². The van der Waals surface area contributed by atoms with Crippen LogP contribution in [-0.2, 0) is 11.8 Å². The van der Waals surface area contributed by atoms with Gasteiger partial charge in [0.25, 0.3) is 0 Å². The van der Waals surface area contributed by atoms with Gasteiger partial charge in [0.15, 0.2) is 5.89 Å². The Morgan fingerprint density at radius 1 is 1.25 bits per heavy atom. The summed E-state index contributed by atoms with van der Waals surface area (Å²) in [5, 5.41) is 0.693. The van der Waals surface area contributed by atoms with Crippen LogP contribution >= 0.6 is 15.9 Å². The van der Waals surface area contributed by atoms with E-state index < -0.39 is 0 Å². The van der Waals surface area contributed by atoms with Crippen LogP contribution in [0.4, 0.5) is 0 Å². The van der Waals surface area contributed by atoms with Crippen molar-refractivity contribution in [2.24, 2.45) is 0 Å². The standard InChI is InChI=1S/C13H14BrNO/c1-3-10-4-6-11(7-5-10)13-12(8-14)16-9(2)15-13/h4-7H,3,8H2,1-2H3. The summed E-state index contributed by atoms with van der Waals surface area (Å²) in [5.74, 6) is 1.60. The molecule has 0 aliphatic heterocycles. The van der Waals surface area contributed by atoms with Crippen molar-refractivity contribution in [2.75, 3.05) is 0 Å². The second-order valence-corrected chi connectivity index (χ2v) is 4.25. The van der Waals surface area contributed by atoms with E-state index in [-0.39, 0.29) is 0 Å². The molecule has 84 valence electrons. The highest BCUT2D eigenvalue weighted by atomic mass is 79.9. The Bertz CT molecular complexity index is 473. The molecule has 0 saturated carbocycles. The lowest BCUT2D eigenvalue weighted by molar-refractivity contribution is 0.492. The topological polar surface area (TPSA) is 26.0 Å². The van der Waals surface area contributed by atoms with Gasteiger partial charge in [-0.05, 0) is 12.0 Å². The molecule has 3 heteroatoms. The molecule has 0 aliphatic carbocycles. The summed E-state index contributed by atoms with van der Waals surface area (Å²) in [7, 11) is 0. The molecule has 1 aromatic heterocycles. The number of alkyl halides is 1. The van der Waals surface area contributed by atoms with Crippen LogP contribution in [0.3, 0.4) is 0 Å². The van der Waals surface area contributed by atoms with Crippen LogP contribution in [0, 0.1) is 6.92 Å². The number of halogens is 1. The van der Waals surface area contributed by atoms with E-state index in [1.165, 1.54) is 5.56 Å². The zero-order chi connectivity index (χ0) is 11.5. The van der Waals surface area contributed by atoms with Crippen LogP contribution in [0.25, 0.3) is 11.3 Å². The smallest absolute Gasteiger partial charge is 0.191 e. The van der Waals surface area contributed by atoms with Crippen molar-refractivity contribution in [2.45, 2.75) is 25.6 Å². The van der Waals surface area contributed by atoms with Gasteiger partial charge in [-0.3, -0.25) is 0 Å². The van der Waals surface area contributed by atoms with Crippen LogP contribution < -0.4 is 0 Å². The monoisotopic (exact) mass is 279 g/mol. The lowest BCUT2D eigenvalue weighted by atomic mass is 10.1. The predicted octanol–water partition coefficient (Wildman–Crippen LogP) is 4.11. The number of nitrogens with zero attached hydrogens (tertiary/aromatic N) is 1. The normalized spacial score (nSPS) is 10.7. The van der Waals surface area contributed by atoms with Gasteiger partial charge >= 0.3 is 0 Å². The fourth-order valence-electron chi connectivity index (χ4n) is 1.68. The van der Waals surface area contributed by atoms with E-state index >= 15 is 0 Å². The molecule has 0 atom stereocenters. The van der Waals surface area contributed by atoms with Crippen molar-refractivity contribution in [3.8, 4) is 11.3 Å². The minimum absolute atomic E-state index is 0.693. The summed E-state index contributed by atoms with van der Waals surface area (Å²) in [4.78, 5) is 4.41. The third-order valence-electron chi connectivity index (χ3n) is 2.56. The Labute approximate surface area is 104 Å². The quantitative estimate of drug-likeness (QED) is 0.791. The predicted molar refractivity (Wildman–Crippen MR) is 68.7 cm³/mol. The minimum atomic E-state index is 0.693. The van der Waals surface area contributed by atoms with Gasteiger partial charge in [0, 0.05) is 12.5 Å². The average molecular weight is 280 g/mol. The number of hydrogen-bond acceptors (Lipinski definition) is 2. The van der Waals surface area contributed by atoms with Gasteiger partial charge in [-0.2, -0.15) is 0 Å². The number of rotatable bonds is 3. The molecule has 1 heterocycles. The minimum Gasteiger partial charge on any atom is -0.444 e. The fourth-order valence-corrected chi connectivity index (χ4v) is 2.06. The first-order valence-corrected chi connectivity index (χ1v) is 6.48. The highest BCUT2D eigenvalue weighted by Gasteiger charge is 2.11. The van der Waals surface area contributed by atoms with Crippen molar-refractivity contribution in [1.82, 2.24) is 4.98 Å². The summed E-state index contributed by atoms with van der Waals surface area (Å²) in [5.41, 5.74) is 3.39. The Balaban J connectivity index is 2.41. The first kappa shape index (κ1) is 11.4. The van der Waals surface area contributed by atoms with Crippen molar-refractivity contribution < 1.29 is 4.42 Å². The molecule has 0 aliphatic rings. The van der Waals surface area contributed by atoms with Gasteiger partial charge in [-0.15, -0.1) is 0 Å². The van der Waals surface area contributed by atoms with E-state index in [2.05, 4.69) is 52.1 Å². The molecule has 2 nitrogen and oxygen atoms in total. The molecule has 0 amide bonds. The van der Waals surface area contributed by atoms with E-state index in [0.29, 0.717) is 11.2 Å². The number of aryl methyl sites for hydroxylation is 2. The molecular formula is C13H14BrNO. The van der Waals surface area contributed by atoms with Crippen LogP contribution in [0.5, 0.6) is 0 Å². The third kappa shape index (κ3) is 2.19. The van der Waals surface area contributed by atoms with E-state index in [4.69, 9.17) is 4.42 Å². The van der Waals surface area contributed by atoms with E-state index in [1.54, 1.807) is 0 Å². The molecule has 0 saturated heterocycles. The van der Waals surface area contributed by atoms with Gasteiger partial charge in [0.2, 0.25) is 0 Å². The molecule has 1 aromatic carbocycles. The van der Waals surface area contributed by atoms with Gasteiger partial charge in [-0.1, -0.05) is 47.1 Å². The highest BCUT2D eigenvalue weighted by molar-refractivity contribution is 9.08. The van der Waals surface area contributed by atoms with Crippen molar-refractivity contribution in [1.29, 1.82) is 0 Å². The Kier molecular flexibility index (Phi) is 3.44. The Hall–Kier alpha value is -1.09. The zero-order valence-corrected chi connectivity index (χ0v) is 11.0. The maximum atomic E-state index is 5.52. The number of benzene rings is 1. The van der Waals surface area contributed by atoms with Crippen LogP contribution in [0.2, 0.25) is 0 Å². The number of oxazole rings is 1. The molecule has 0 radical (unpaired) electrons. The zero-order valence-electron chi connectivity index (χ0n) is 9.46. The van der Waals surface area contributed by atoms with E-state index in [9.17, 15) is 0 Å². The number of aromatic nitrogens is 1. The molecule has 0 spiro atoms. The summed E-state index contributed by atoms with van der Waals surface area (Å²) in [6, 6.07) is 8.47. The highest BCUT2D eigenvalue weighted by Crippen LogP contribution is 2.25. The van der Waals surface area contributed by atoms with Gasteiger partial charge in [-0.25, -0.2) is 4.98 Å². The van der Waals surface area contributed by atoms with Crippen LogP contribution in [0.15, 0.2) is 28.7 Å². The van der Waals surface area contributed by atoms with Gasteiger partial charge in [0.1, 0.15) is 11.5 Å². The van der Waals surface area contributed by atoms with Crippen molar-refractivity contribution >= 4 is 15.9 Å². The van der Waals surface area contributed by atoms with E-state index in [0.717, 1.165) is 23.4 Å². The molecular weight excluding hydrogens is 266 g/mol. The van der Waals surface area contributed by atoms with Crippen molar-refractivity contribution in [3.05, 3.63) is 41.5 Å². The first-order chi connectivity index (χ1) is 7.74. The summed E-state index contributed by atoms with van der Waals surface area (Å²) < 4.78 is 5.52. The van der Waals surface area contributed by atoms with Crippen molar-refractivity contribution in [3.63, 3.8) is 0 Å². The molecule has 0 unspecified atom stereocenters. The Morgan fingerprint density at radius 2 is 1.94 bits per heavy atom. The van der Waals surface area contributed by atoms with E-state index in [1.807, 2.05) is 6.92 Å². The lowest BCUT2D eigenvalue weighted by Crippen LogP contribution is -1.85. The molecule has 2 rings (SSSR count). The first-order valence-electron chi connectivity index (χ1n) is 5.36. The Morgan fingerprint density at radius 3 is 2.50 bits per heavy atom. The second kappa shape index (κ2) is 4.83. The largest absolute Gasteiger partial charge is 0.444 e. The molecule has 16 heavy (non-hydrogen) atoms. The summed E-state index contributed by atoms with van der Waals surface area (Å²) in [6.07, 6.45) is 1.06. The summed E-state index contributed by atoms with van der Waals surface area (Å²) in [6.45, 7) is 4.02. The van der Waals surface area contributed by atoms with Gasteiger partial charge < -0.3 is 4.42 Å². The lowest BCUT2D eigenvalue weighted by Gasteiger charge is -2.00.